The fourth-order valence-corrected chi connectivity index (χ4v) is 9.54. The van der Waals surface area contributed by atoms with E-state index in [1.54, 1.807) is 10.4 Å². The maximum atomic E-state index is 12.8. The van der Waals surface area contributed by atoms with Crippen LogP contribution in [-0.4, -0.2) is 41.6 Å². The molecule has 5 rings (SSSR count). The summed E-state index contributed by atoms with van der Waals surface area (Å²) in [5, 5.41) is 4.65. The van der Waals surface area contributed by atoms with Gasteiger partial charge in [0.15, 0.2) is 0 Å². The van der Waals surface area contributed by atoms with E-state index in [9.17, 15) is 8.42 Å². The minimum atomic E-state index is -3.30. The summed E-state index contributed by atoms with van der Waals surface area (Å²) in [6, 6.07) is 3.55. The monoisotopic (exact) mass is 438 g/mol. The normalized spacial score (nSPS) is 29.4. The summed E-state index contributed by atoms with van der Waals surface area (Å²) in [6.07, 6.45) is 14.0. The van der Waals surface area contributed by atoms with Crippen molar-refractivity contribution in [2.45, 2.75) is 72.9 Å². The second kappa shape index (κ2) is 7.64. The number of hydrogen-bond donors (Lipinski definition) is 0. The molecule has 4 aliphatic rings. The second-order valence-corrected chi connectivity index (χ2v) is 13.0. The SMILES string of the molecule is O=S(=O)(c1cccs1)N1CCC(C2SC=CN2C2(C3CCCCC3)CC2)CC1. The smallest absolute Gasteiger partial charge is 0.252 e. The molecule has 3 fully saturated rings. The molecule has 0 N–H and O–H groups in total. The number of thiophene rings is 1. The predicted octanol–water partition coefficient (Wildman–Crippen LogP) is 5.11. The molecule has 1 aromatic heterocycles. The van der Waals surface area contributed by atoms with Crippen LogP contribution in [0.15, 0.2) is 33.3 Å². The Bertz CT molecular complexity index is 803. The first-order chi connectivity index (χ1) is 13.6. The number of piperidine rings is 1. The van der Waals surface area contributed by atoms with E-state index in [-0.39, 0.29) is 0 Å². The van der Waals surface area contributed by atoms with Crippen molar-refractivity contribution in [3.8, 4) is 0 Å². The maximum Gasteiger partial charge on any atom is 0.252 e. The first kappa shape index (κ1) is 19.5. The molecule has 1 unspecified atom stereocenters. The van der Waals surface area contributed by atoms with Crippen LogP contribution in [0.3, 0.4) is 0 Å². The third-order valence-corrected chi connectivity index (χ3v) is 11.8. The van der Waals surface area contributed by atoms with Gasteiger partial charge >= 0.3 is 0 Å². The molecule has 3 heterocycles. The molecular formula is C21H30N2O2S3. The largest absolute Gasteiger partial charge is 0.359 e. The van der Waals surface area contributed by atoms with E-state index in [0.29, 0.717) is 34.1 Å². The molecule has 1 atom stereocenters. The Morgan fingerprint density at radius 2 is 1.79 bits per heavy atom. The van der Waals surface area contributed by atoms with Crippen molar-refractivity contribution in [1.29, 1.82) is 0 Å². The van der Waals surface area contributed by atoms with Gasteiger partial charge in [0.05, 0.1) is 5.37 Å². The van der Waals surface area contributed by atoms with Gasteiger partial charge in [0.1, 0.15) is 4.21 Å². The summed E-state index contributed by atoms with van der Waals surface area (Å²) in [6.45, 7) is 1.32. The number of hydrogen-bond acceptors (Lipinski definition) is 5. The van der Waals surface area contributed by atoms with Crippen molar-refractivity contribution in [1.82, 2.24) is 9.21 Å². The number of sulfonamides is 1. The zero-order chi connectivity index (χ0) is 19.2. The molecule has 2 aliphatic carbocycles. The van der Waals surface area contributed by atoms with Gasteiger partial charge in [-0.1, -0.05) is 25.3 Å². The van der Waals surface area contributed by atoms with Crippen LogP contribution in [0.2, 0.25) is 0 Å². The van der Waals surface area contributed by atoms with Crippen molar-refractivity contribution in [2.24, 2.45) is 11.8 Å². The van der Waals surface area contributed by atoms with E-state index in [0.717, 1.165) is 18.8 Å². The average Bonchev–Trinajstić information content (AvgIpc) is 3.13. The van der Waals surface area contributed by atoms with Gasteiger partial charge in [-0.2, -0.15) is 4.31 Å². The van der Waals surface area contributed by atoms with Crippen LogP contribution in [-0.2, 0) is 10.0 Å². The molecule has 2 saturated carbocycles. The molecule has 28 heavy (non-hydrogen) atoms. The zero-order valence-electron chi connectivity index (χ0n) is 16.3. The lowest BCUT2D eigenvalue weighted by molar-refractivity contribution is 0.100. The molecule has 0 amide bonds. The molecule has 1 aromatic rings. The van der Waals surface area contributed by atoms with Crippen LogP contribution in [0.5, 0.6) is 0 Å². The van der Waals surface area contributed by atoms with Gasteiger partial charge < -0.3 is 4.90 Å². The first-order valence-corrected chi connectivity index (χ1v) is 14.0. The van der Waals surface area contributed by atoms with Crippen molar-refractivity contribution in [2.75, 3.05) is 13.1 Å². The van der Waals surface area contributed by atoms with Crippen LogP contribution in [0.4, 0.5) is 0 Å². The summed E-state index contributed by atoms with van der Waals surface area (Å²) in [7, 11) is -3.30. The standard InChI is InChI=1S/C21H30N2O2S3/c24-28(25,19-7-4-15-26-19)22-12-8-17(9-13-22)20-23(14-16-27-20)21(10-11-21)18-5-2-1-3-6-18/h4,7,14-18,20H,1-3,5-6,8-13H2. The Balaban J connectivity index is 1.25. The van der Waals surface area contributed by atoms with Crippen molar-refractivity contribution < 1.29 is 8.42 Å². The lowest BCUT2D eigenvalue weighted by atomic mass is 9.81. The van der Waals surface area contributed by atoms with Gasteiger partial charge in [-0.15, -0.1) is 23.1 Å². The van der Waals surface area contributed by atoms with Gasteiger partial charge in [0, 0.05) is 24.8 Å². The van der Waals surface area contributed by atoms with E-state index < -0.39 is 10.0 Å². The highest BCUT2D eigenvalue weighted by Crippen LogP contribution is 2.57. The fourth-order valence-electron chi connectivity index (χ4n) is 5.66. The quantitative estimate of drug-likeness (QED) is 0.641. The average molecular weight is 439 g/mol. The van der Waals surface area contributed by atoms with Crippen LogP contribution >= 0.6 is 23.1 Å². The van der Waals surface area contributed by atoms with Crippen molar-refractivity contribution in [3.05, 3.63) is 29.1 Å². The van der Waals surface area contributed by atoms with E-state index in [1.165, 1.54) is 56.3 Å². The molecule has 0 bridgehead atoms. The molecule has 0 radical (unpaired) electrons. The van der Waals surface area contributed by atoms with E-state index in [2.05, 4.69) is 16.5 Å². The number of nitrogens with zero attached hydrogens (tertiary/aromatic N) is 2. The minimum absolute atomic E-state index is 0.422. The Labute approximate surface area is 177 Å². The molecule has 0 aromatic carbocycles. The molecule has 1 saturated heterocycles. The van der Waals surface area contributed by atoms with Crippen LogP contribution in [0, 0.1) is 11.8 Å². The van der Waals surface area contributed by atoms with Gasteiger partial charge in [0.25, 0.3) is 10.0 Å². The predicted molar refractivity (Wildman–Crippen MR) is 117 cm³/mol. The maximum absolute atomic E-state index is 12.8. The highest BCUT2D eigenvalue weighted by Gasteiger charge is 2.56. The Morgan fingerprint density at radius 3 is 2.43 bits per heavy atom. The lowest BCUT2D eigenvalue weighted by Crippen LogP contribution is -2.49. The van der Waals surface area contributed by atoms with Gasteiger partial charge in [-0.05, 0) is 67.2 Å². The van der Waals surface area contributed by atoms with E-state index in [4.69, 9.17) is 0 Å². The molecule has 2 aliphatic heterocycles. The third-order valence-electron chi connectivity index (χ3n) is 7.35. The summed E-state index contributed by atoms with van der Waals surface area (Å²) in [5.41, 5.74) is 0.422. The molecular weight excluding hydrogens is 408 g/mol. The van der Waals surface area contributed by atoms with Gasteiger partial charge in [-0.3, -0.25) is 0 Å². The number of thioether (sulfide) groups is 1. The van der Waals surface area contributed by atoms with Crippen molar-refractivity contribution >= 4 is 33.1 Å². The van der Waals surface area contributed by atoms with Crippen molar-refractivity contribution in [3.63, 3.8) is 0 Å². The van der Waals surface area contributed by atoms with Crippen LogP contribution in [0.1, 0.15) is 57.8 Å². The Morgan fingerprint density at radius 1 is 1.04 bits per heavy atom. The Hall–Kier alpha value is -0.500. The van der Waals surface area contributed by atoms with Crippen LogP contribution in [0.25, 0.3) is 0 Å². The summed E-state index contributed by atoms with van der Waals surface area (Å²) in [4.78, 5) is 2.72. The van der Waals surface area contributed by atoms with Crippen LogP contribution < -0.4 is 0 Å². The molecule has 7 heteroatoms. The van der Waals surface area contributed by atoms with Gasteiger partial charge in [0.2, 0.25) is 0 Å². The van der Waals surface area contributed by atoms with E-state index >= 15 is 0 Å². The lowest BCUT2D eigenvalue weighted by Gasteiger charge is -2.44. The summed E-state index contributed by atoms with van der Waals surface area (Å²) in [5.74, 6) is 1.45. The highest BCUT2D eigenvalue weighted by molar-refractivity contribution is 8.02. The summed E-state index contributed by atoms with van der Waals surface area (Å²) >= 11 is 3.30. The second-order valence-electron chi connectivity index (χ2n) is 8.83. The molecule has 0 spiro atoms. The third kappa shape index (κ3) is 3.36. The topological polar surface area (TPSA) is 40.6 Å². The first-order valence-electron chi connectivity index (χ1n) is 10.8. The van der Waals surface area contributed by atoms with E-state index in [1.807, 2.05) is 23.2 Å². The highest BCUT2D eigenvalue weighted by atomic mass is 32.2. The molecule has 4 nitrogen and oxygen atoms in total. The zero-order valence-corrected chi connectivity index (χ0v) is 18.8. The fraction of sp³-hybridized carbons (Fsp3) is 0.714. The Kier molecular flexibility index (Phi) is 5.31. The summed E-state index contributed by atoms with van der Waals surface area (Å²) < 4.78 is 27.8. The van der Waals surface area contributed by atoms with Gasteiger partial charge in [-0.25, -0.2) is 8.42 Å². The molecule has 154 valence electrons. The minimum Gasteiger partial charge on any atom is -0.359 e. The number of rotatable bonds is 5.